The van der Waals surface area contributed by atoms with Gasteiger partial charge in [0, 0.05) is 18.0 Å². The Morgan fingerprint density at radius 3 is 3.06 bits per heavy atom. The van der Waals surface area contributed by atoms with Gasteiger partial charge in [0.25, 0.3) is 0 Å². The average Bonchev–Trinajstić information content (AvgIpc) is 2.71. The zero-order valence-electron chi connectivity index (χ0n) is 10.2. The van der Waals surface area contributed by atoms with Crippen LogP contribution >= 0.6 is 12.2 Å². The summed E-state index contributed by atoms with van der Waals surface area (Å²) in [4.78, 5) is 12.5. The van der Waals surface area contributed by atoms with Gasteiger partial charge in [0.2, 0.25) is 5.91 Å². The van der Waals surface area contributed by atoms with E-state index in [1.165, 1.54) is 0 Å². The van der Waals surface area contributed by atoms with Crippen molar-refractivity contribution in [2.45, 2.75) is 25.3 Å². The molecule has 1 aromatic carbocycles. The van der Waals surface area contributed by atoms with E-state index in [-0.39, 0.29) is 17.9 Å². The summed E-state index contributed by atoms with van der Waals surface area (Å²) in [5.41, 5.74) is 6.40. The van der Waals surface area contributed by atoms with Crippen LogP contribution in [0.1, 0.15) is 24.8 Å². The van der Waals surface area contributed by atoms with Crippen LogP contribution in [0.2, 0.25) is 0 Å². The predicted octanol–water partition coefficient (Wildman–Crippen LogP) is 1.34. The molecule has 1 aliphatic rings. The number of hydrogen-bond donors (Lipinski definition) is 2. The number of carbonyl (C=O) groups excluding carboxylic acids is 1. The summed E-state index contributed by atoms with van der Waals surface area (Å²) in [6.07, 6.45) is 0.510. The van der Waals surface area contributed by atoms with Crippen LogP contribution in [0.25, 0.3) is 0 Å². The van der Waals surface area contributed by atoms with Crippen molar-refractivity contribution < 1.29 is 9.53 Å². The molecule has 2 atom stereocenters. The summed E-state index contributed by atoms with van der Waals surface area (Å²) in [5, 5.41) is 2.91. The summed E-state index contributed by atoms with van der Waals surface area (Å²) < 4.78 is 5.48. The molecule has 1 aromatic rings. The highest BCUT2D eigenvalue weighted by Crippen LogP contribution is 2.33. The fourth-order valence-corrected chi connectivity index (χ4v) is 2.33. The number of ether oxygens (including phenoxy) is 1. The number of nitrogens with one attached hydrogen (secondary N) is 1. The normalized spacial score (nSPS) is 18.6. The second-order valence-electron chi connectivity index (χ2n) is 4.48. The van der Waals surface area contributed by atoms with E-state index < -0.39 is 0 Å². The molecule has 4 nitrogen and oxygen atoms in total. The van der Waals surface area contributed by atoms with Crippen molar-refractivity contribution in [2.75, 3.05) is 6.61 Å². The third-order valence-corrected chi connectivity index (χ3v) is 3.08. The first-order valence-corrected chi connectivity index (χ1v) is 6.29. The maximum Gasteiger partial charge on any atom is 0.231 e. The Labute approximate surface area is 112 Å². The van der Waals surface area contributed by atoms with Gasteiger partial charge in [-0.1, -0.05) is 30.4 Å². The van der Waals surface area contributed by atoms with Crippen molar-refractivity contribution in [3.8, 4) is 5.75 Å². The number of nitrogens with two attached hydrogens (primary N) is 1. The fraction of sp³-hybridized carbons (Fsp3) is 0.385. The van der Waals surface area contributed by atoms with Crippen molar-refractivity contribution in [2.24, 2.45) is 5.73 Å². The molecule has 96 valence electrons. The van der Waals surface area contributed by atoms with Gasteiger partial charge < -0.3 is 15.8 Å². The highest BCUT2D eigenvalue weighted by molar-refractivity contribution is 7.80. The van der Waals surface area contributed by atoms with Crippen LogP contribution < -0.4 is 15.8 Å². The maximum atomic E-state index is 12.1. The minimum atomic E-state index is -0.241. The molecule has 18 heavy (non-hydrogen) atoms. The van der Waals surface area contributed by atoms with Crippen molar-refractivity contribution in [3.05, 3.63) is 29.8 Å². The lowest BCUT2D eigenvalue weighted by Crippen LogP contribution is -2.38. The van der Waals surface area contributed by atoms with Gasteiger partial charge >= 0.3 is 0 Å². The Kier molecular flexibility index (Phi) is 3.81. The smallest absolute Gasteiger partial charge is 0.231 e. The number of fused-ring (bicyclic) bond motifs is 1. The summed E-state index contributed by atoms with van der Waals surface area (Å²) in [7, 11) is 0. The van der Waals surface area contributed by atoms with E-state index in [9.17, 15) is 4.79 Å². The molecule has 0 spiro atoms. The highest BCUT2D eigenvalue weighted by atomic mass is 32.1. The van der Waals surface area contributed by atoms with Crippen LogP contribution in [0, 0.1) is 0 Å². The molecule has 3 N–H and O–H groups in total. The van der Waals surface area contributed by atoms with Crippen molar-refractivity contribution in [1.82, 2.24) is 5.32 Å². The molecule has 0 bridgehead atoms. The summed E-state index contributed by atoms with van der Waals surface area (Å²) in [6, 6.07) is 7.55. The summed E-state index contributed by atoms with van der Waals surface area (Å²) in [5.74, 6) is 0.512. The molecular weight excluding hydrogens is 248 g/mol. The van der Waals surface area contributed by atoms with Crippen LogP contribution in [-0.2, 0) is 4.79 Å². The maximum absolute atomic E-state index is 12.1. The van der Waals surface area contributed by atoms with Crippen LogP contribution in [0.15, 0.2) is 24.3 Å². The van der Waals surface area contributed by atoms with Crippen molar-refractivity contribution in [3.63, 3.8) is 0 Å². The van der Waals surface area contributed by atoms with E-state index in [1.807, 2.05) is 31.2 Å². The molecule has 5 heteroatoms. The molecule has 0 radical (unpaired) electrons. The predicted molar refractivity (Wildman–Crippen MR) is 73.7 cm³/mol. The quantitative estimate of drug-likeness (QED) is 0.806. The van der Waals surface area contributed by atoms with Gasteiger partial charge in [-0.05, 0) is 13.0 Å². The van der Waals surface area contributed by atoms with E-state index >= 15 is 0 Å². The number of benzene rings is 1. The molecule has 0 aromatic heterocycles. The molecule has 1 amide bonds. The Hall–Kier alpha value is -1.62. The average molecular weight is 264 g/mol. The van der Waals surface area contributed by atoms with Gasteiger partial charge in [-0.15, -0.1) is 0 Å². The van der Waals surface area contributed by atoms with Crippen molar-refractivity contribution >= 4 is 23.1 Å². The number of thiocarbonyl (C=S) groups is 1. The van der Waals surface area contributed by atoms with Crippen molar-refractivity contribution in [1.29, 1.82) is 0 Å². The molecule has 0 saturated carbocycles. The van der Waals surface area contributed by atoms with Crippen LogP contribution in [-0.4, -0.2) is 23.5 Å². The summed E-state index contributed by atoms with van der Waals surface area (Å²) >= 11 is 4.82. The van der Waals surface area contributed by atoms with E-state index in [0.717, 1.165) is 11.3 Å². The van der Waals surface area contributed by atoms with Crippen LogP contribution in [0.4, 0.5) is 0 Å². The van der Waals surface area contributed by atoms with Gasteiger partial charge in [-0.2, -0.15) is 0 Å². The molecule has 2 unspecified atom stereocenters. The first kappa shape index (κ1) is 12.8. The van der Waals surface area contributed by atoms with E-state index in [4.69, 9.17) is 22.7 Å². The van der Waals surface area contributed by atoms with Gasteiger partial charge in [0.15, 0.2) is 0 Å². The number of hydrogen-bond acceptors (Lipinski definition) is 3. The SMILES string of the molecule is CC(CC(N)=S)NC(=O)C1COc2ccccc21. The first-order chi connectivity index (χ1) is 8.58. The Morgan fingerprint density at radius 2 is 2.33 bits per heavy atom. The molecule has 0 aliphatic carbocycles. The highest BCUT2D eigenvalue weighted by Gasteiger charge is 2.30. The number of para-hydroxylation sites is 1. The molecule has 0 saturated heterocycles. The third kappa shape index (κ3) is 2.79. The second kappa shape index (κ2) is 5.35. The topological polar surface area (TPSA) is 64.3 Å². The van der Waals surface area contributed by atoms with Crippen LogP contribution in [0.5, 0.6) is 5.75 Å². The Morgan fingerprint density at radius 1 is 1.61 bits per heavy atom. The fourth-order valence-electron chi connectivity index (χ4n) is 2.08. The van der Waals surface area contributed by atoms with Crippen LogP contribution in [0.3, 0.4) is 0 Å². The van der Waals surface area contributed by atoms with Gasteiger partial charge in [0.1, 0.15) is 18.3 Å². The van der Waals surface area contributed by atoms with Gasteiger partial charge in [-0.25, -0.2) is 0 Å². The zero-order valence-corrected chi connectivity index (χ0v) is 11.0. The molecule has 1 heterocycles. The van der Waals surface area contributed by atoms with E-state index in [0.29, 0.717) is 18.0 Å². The Balaban J connectivity index is 2.01. The first-order valence-electron chi connectivity index (χ1n) is 5.88. The van der Waals surface area contributed by atoms with E-state index in [1.54, 1.807) is 0 Å². The minimum Gasteiger partial charge on any atom is -0.492 e. The summed E-state index contributed by atoms with van der Waals surface area (Å²) in [6.45, 7) is 2.28. The second-order valence-corrected chi connectivity index (χ2v) is 5.01. The lowest BCUT2D eigenvalue weighted by atomic mass is 10.00. The molecule has 2 rings (SSSR count). The Bertz CT molecular complexity index is 476. The largest absolute Gasteiger partial charge is 0.492 e. The molecule has 1 aliphatic heterocycles. The van der Waals surface area contributed by atoms with Gasteiger partial charge in [0.05, 0.1) is 4.99 Å². The zero-order chi connectivity index (χ0) is 13.1. The number of rotatable bonds is 4. The molecule has 0 fully saturated rings. The number of carbonyl (C=O) groups is 1. The van der Waals surface area contributed by atoms with E-state index in [2.05, 4.69) is 5.32 Å². The number of amides is 1. The monoisotopic (exact) mass is 264 g/mol. The minimum absolute atomic E-state index is 0.0382. The third-order valence-electron chi connectivity index (χ3n) is 2.91. The standard InChI is InChI=1S/C13H16N2O2S/c1-8(6-12(14)18)15-13(16)10-7-17-11-5-3-2-4-9(10)11/h2-5,8,10H,6-7H2,1H3,(H2,14,18)(H,15,16). The lowest BCUT2D eigenvalue weighted by molar-refractivity contribution is -0.123. The molecular formula is C13H16N2O2S. The van der Waals surface area contributed by atoms with Gasteiger partial charge in [-0.3, -0.25) is 4.79 Å². The lowest BCUT2D eigenvalue weighted by Gasteiger charge is -2.16.